The minimum atomic E-state index is -0.500. The molecule has 0 atom stereocenters. The zero-order chi connectivity index (χ0) is 9.98. The van der Waals surface area contributed by atoms with Crippen LogP contribution in [-0.4, -0.2) is 22.1 Å². The molecule has 0 spiro atoms. The number of ether oxygens (including phenoxy) is 1. The van der Waals surface area contributed by atoms with Gasteiger partial charge < -0.3 is 21.3 Å². The first kappa shape index (κ1) is 18.6. The van der Waals surface area contributed by atoms with Crippen LogP contribution in [0.15, 0.2) is 0 Å². The number of thiocarbonyl (C=S) groups is 2. The van der Waals surface area contributed by atoms with Gasteiger partial charge in [-0.05, 0) is 30.9 Å². The van der Waals surface area contributed by atoms with Crippen molar-refractivity contribution in [1.29, 1.82) is 0 Å². The summed E-state index contributed by atoms with van der Waals surface area (Å²) in [6.07, 6.45) is 2.14. The number of hydrogen-bond acceptors (Lipinski definition) is 3. The Morgan fingerprint density at radius 2 is 1.77 bits per heavy atom. The second-order valence-electron chi connectivity index (χ2n) is 1.86. The topological polar surface area (TPSA) is 81.5 Å². The molecule has 0 aromatic rings. The zero-order valence-corrected chi connectivity index (χ0v) is 9.88. The van der Waals surface area contributed by atoms with Crippen molar-refractivity contribution in [1.82, 2.24) is 0 Å². The summed E-state index contributed by atoms with van der Waals surface area (Å²) in [6, 6.07) is 0. The van der Waals surface area contributed by atoms with Gasteiger partial charge in [0.1, 0.15) is 0 Å². The molecule has 0 radical (unpaired) electrons. The van der Waals surface area contributed by atoms with Gasteiger partial charge in [-0.3, -0.25) is 0 Å². The Balaban J connectivity index is -0.000000173. The molecule has 0 fully saturated rings. The second-order valence-corrected chi connectivity index (χ2v) is 2.68. The molecule has 0 aliphatic heterocycles. The van der Waals surface area contributed by atoms with Gasteiger partial charge in [0.15, 0.2) is 0 Å². The van der Waals surface area contributed by atoms with Crippen molar-refractivity contribution in [3.63, 3.8) is 0 Å². The molecule has 4 nitrogen and oxygen atoms in total. The van der Waals surface area contributed by atoms with Gasteiger partial charge in [0, 0.05) is 16.5 Å². The van der Waals surface area contributed by atoms with Crippen LogP contribution in [0.3, 0.4) is 0 Å². The van der Waals surface area contributed by atoms with E-state index in [2.05, 4.69) is 37.1 Å². The summed E-state index contributed by atoms with van der Waals surface area (Å²) in [5, 5.41) is 7.22. The number of nitrogens with two attached hydrogens (primary N) is 2. The molecule has 0 amide bonds. The van der Waals surface area contributed by atoms with E-state index in [-0.39, 0.29) is 21.7 Å². The SMILES string of the molecule is CCCCOC(N)=S.NC(O)=S.[Ni]. The number of aliphatic hydroxyl groups excluding tert-OH is 1. The van der Waals surface area contributed by atoms with Gasteiger partial charge in [0.05, 0.1) is 6.61 Å². The van der Waals surface area contributed by atoms with Crippen LogP contribution in [0.1, 0.15) is 19.8 Å². The maximum Gasteiger partial charge on any atom is 0.253 e. The molecule has 13 heavy (non-hydrogen) atoms. The fourth-order valence-electron chi connectivity index (χ4n) is 0.317. The summed E-state index contributed by atoms with van der Waals surface area (Å²) in [5.74, 6) is 0. The molecule has 5 N–H and O–H groups in total. The fraction of sp³-hybridized carbons (Fsp3) is 0.667. The van der Waals surface area contributed by atoms with Crippen molar-refractivity contribution in [2.75, 3.05) is 6.61 Å². The first-order chi connectivity index (χ1) is 5.50. The van der Waals surface area contributed by atoms with E-state index < -0.39 is 5.17 Å². The van der Waals surface area contributed by atoms with Gasteiger partial charge >= 0.3 is 0 Å². The van der Waals surface area contributed by atoms with Gasteiger partial charge in [-0.1, -0.05) is 13.3 Å². The molecule has 82 valence electrons. The molecule has 0 aromatic heterocycles. The van der Waals surface area contributed by atoms with Crippen LogP contribution in [0.2, 0.25) is 0 Å². The minimum absolute atomic E-state index is 0. The maximum atomic E-state index is 7.56. The zero-order valence-electron chi connectivity index (χ0n) is 7.26. The van der Waals surface area contributed by atoms with Crippen LogP contribution in [0, 0.1) is 0 Å². The summed E-state index contributed by atoms with van der Waals surface area (Å²) < 4.78 is 4.79. The third-order valence-corrected chi connectivity index (χ3v) is 0.860. The van der Waals surface area contributed by atoms with E-state index in [0.717, 1.165) is 12.8 Å². The van der Waals surface area contributed by atoms with E-state index in [1.807, 2.05) is 0 Å². The van der Waals surface area contributed by atoms with Gasteiger partial charge in [0.25, 0.3) is 10.3 Å². The Labute approximate surface area is 98.9 Å². The van der Waals surface area contributed by atoms with Crippen LogP contribution in [0.5, 0.6) is 0 Å². The molecule has 0 heterocycles. The smallest absolute Gasteiger partial charge is 0.253 e. The van der Waals surface area contributed by atoms with Crippen molar-refractivity contribution in [2.24, 2.45) is 11.5 Å². The Morgan fingerprint density at radius 1 is 1.38 bits per heavy atom. The number of aliphatic hydroxyl groups is 1. The van der Waals surface area contributed by atoms with Crippen LogP contribution >= 0.6 is 24.4 Å². The van der Waals surface area contributed by atoms with Gasteiger partial charge in [-0.25, -0.2) is 0 Å². The molecule has 0 aromatic carbocycles. The summed E-state index contributed by atoms with van der Waals surface area (Å²) >= 11 is 8.33. The van der Waals surface area contributed by atoms with Gasteiger partial charge in [-0.15, -0.1) is 0 Å². The third kappa shape index (κ3) is 48.7. The molecular formula is C6H14N2NiO2S2. The monoisotopic (exact) mass is 268 g/mol. The van der Waals surface area contributed by atoms with Crippen molar-refractivity contribution in [3.8, 4) is 0 Å². The van der Waals surface area contributed by atoms with Crippen LogP contribution in [0.4, 0.5) is 0 Å². The van der Waals surface area contributed by atoms with Crippen molar-refractivity contribution in [2.45, 2.75) is 19.8 Å². The van der Waals surface area contributed by atoms with Crippen molar-refractivity contribution >= 4 is 34.8 Å². The summed E-state index contributed by atoms with van der Waals surface area (Å²) in [6.45, 7) is 2.74. The number of unbranched alkanes of at least 4 members (excludes halogenated alkanes) is 1. The average Bonchev–Trinajstić information content (AvgIpc) is 1.86. The molecular weight excluding hydrogens is 255 g/mol. The third-order valence-electron chi connectivity index (χ3n) is 0.742. The van der Waals surface area contributed by atoms with Crippen molar-refractivity contribution < 1.29 is 26.3 Å². The van der Waals surface area contributed by atoms with E-state index in [9.17, 15) is 0 Å². The first-order valence-corrected chi connectivity index (χ1v) is 4.23. The largest absolute Gasteiger partial charge is 0.487 e. The number of hydrogen-bond donors (Lipinski definition) is 3. The molecule has 0 aliphatic carbocycles. The normalized spacial score (nSPS) is 7.15. The Bertz CT molecular complexity index is 143. The summed E-state index contributed by atoms with van der Waals surface area (Å²) in [7, 11) is 0. The Kier molecular flexibility index (Phi) is 20.6. The maximum absolute atomic E-state index is 7.56. The van der Waals surface area contributed by atoms with Crippen LogP contribution < -0.4 is 11.5 Å². The molecule has 0 saturated heterocycles. The first-order valence-electron chi connectivity index (χ1n) is 3.41. The molecule has 0 saturated carbocycles. The second kappa shape index (κ2) is 14.4. The molecule has 0 aliphatic rings. The Hall–Kier alpha value is -0.126. The standard InChI is InChI=1S/C5H11NOS.CH3NOS.Ni/c1-2-3-4-7-5(6)8;2-1(3)4;/h2-4H2,1H3,(H2,6,8);(H3,2,3,4);. The average molecular weight is 269 g/mol. The van der Waals surface area contributed by atoms with Crippen LogP contribution in [0.25, 0.3) is 0 Å². The van der Waals surface area contributed by atoms with E-state index in [0.29, 0.717) is 6.61 Å². The van der Waals surface area contributed by atoms with Crippen molar-refractivity contribution in [3.05, 3.63) is 0 Å². The van der Waals surface area contributed by atoms with Crippen LogP contribution in [-0.2, 0) is 21.2 Å². The molecule has 0 unspecified atom stereocenters. The molecule has 7 heteroatoms. The molecule has 0 rings (SSSR count). The summed E-state index contributed by atoms with van der Waals surface area (Å²) in [5.41, 5.74) is 9.44. The fourth-order valence-corrected chi connectivity index (χ4v) is 0.400. The predicted octanol–water partition coefficient (Wildman–Crippen LogP) is 0.832. The predicted molar refractivity (Wildman–Crippen MR) is 57.1 cm³/mol. The summed E-state index contributed by atoms with van der Waals surface area (Å²) in [4.78, 5) is 0. The van der Waals surface area contributed by atoms with E-state index >= 15 is 0 Å². The minimum Gasteiger partial charge on any atom is -0.487 e. The van der Waals surface area contributed by atoms with Gasteiger partial charge in [0.2, 0.25) is 0 Å². The number of rotatable bonds is 3. The molecule has 0 bridgehead atoms. The van der Waals surface area contributed by atoms with E-state index in [1.54, 1.807) is 0 Å². The van der Waals surface area contributed by atoms with E-state index in [1.165, 1.54) is 0 Å². The van der Waals surface area contributed by atoms with Gasteiger partial charge in [-0.2, -0.15) is 0 Å². The quantitative estimate of drug-likeness (QED) is 0.400. The Morgan fingerprint density at radius 3 is 2.00 bits per heavy atom. The van der Waals surface area contributed by atoms with E-state index in [4.69, 9.17) is 15.6 Å².